The monoisotopic (exact) mass is 190 g/mol. The van der Waals surface area contributed by atoms with Crippen LogP contribution in [0, 0.1) is 13.8 Å². The van der Waals surface area contributed by atoms with Gasteiger partial charge in [-0.05, 0) is 30.5 Å². The van der Waals surface area contributed by atoms with Gasteiger partial charge in [-0.25, -0.2) is 0 Å². The zero-order valence-electron chi connectivity index (χ0n) is 16.0. The zero-order chi connectivity index (χ0) is 16.9. The van der Waals surface area contributed by atoms with E-state index in [1.807, 2.05) is 0 Å². The normalized spacial score (nSPS) is 18.1. The molecule has 0 fully saturated rings. The van der Waals surface area contributed by atoms with Crippen LogP contribution in [0.15, 0.2) is 48.3 Å². The Morgan fingerprint density at radius 2 is 1.50 bits per heavy atom. The molecule has 0 heterocycles. The van der Waals surface area contributed by atoms with E-state index in [4.69, 9.17) is 11.0 Å². The second-order valence-electron chi connectivity index (χ2n) is 3.00. The number of rotatable bonds is 1. The van der Waals surface area contributed by atoms with Crippen molar-refractivity contribution in [3.05, 3.63) is 59.5 Å². The molecule has 14 heavy (non-hydrogen) atoms. The first-order valence-electron chi connectivity index (χ1n) is 8.25. The maximum absolute atomic E-state index is 8.06. The standard InChI is InChI=1S/C14H14/c1-11-7-9-13(10-8-11)14-6-4-3-5-12(14)2/h3-10H,1-2H3/i3D,4D,5D,6D,7D,8D,9D,10D. The van der Waals surface area contributed by atoms with E-state index in [0.29, 0.717) is 0 Å². The molecule has 0 unspecified atom stereocenters. The third-order valence-electron chi connectivity index (χ3n) is 1.88. The molecule has 0 heteroatoms. The Morgan fingerprint density at radius 1 is 0.857 bits per heavy atom. The van der Waals surface area contributed by atoms with Gasteiger partial charge in [0.2, 0.25) is 0 Å². The number of hydrogen-bond donors (Lipinski definition) is 0. The Kier molecular flexibility index (Phi) is 0.928. The molecule has 0 radical (unpaired) electrons. The van der Waals surface area contributed by atoms with Gasteiger partial charge in [0.05, 0.1) is 11.0 Å². The van der Waals surface area contributed by atoms with Gasteiger partial charge < -0.3 is 0 Å². The predicted molar refractivity (Wildman–Crippen MR) is 61.4 cm³/mol. The molecule has 2 rings (SSSR count). The van der Waals surface area contributed by atoms with Crippen LogP contribution >= 0.6 is 0 Å². The summed E-state index contributed by atoms with van der Waals surface area (Å²) < 4.78 is 63.1. The van der Waals surface area contributed by atoms with Gasteiger partial charge in [-0.3, -0.25) is 0 Å². The van der Waals surface area contributed by atoms with Crippen LogP contribution in [0.5, 0.6) is 0 Å². The van der Waals surface area contributed by atoms with Crippen LogP contribution in [-0.4, -0.2) is 0 Å². The van der Waals surface area contributed by atoms with Crippen molar-refractivity contribution in [1.29, 1.82) is 0 Å². The van der Waals surface area contributed by atoms with E-state index in [1.54, 1.807) is 0 Å². The fourth-order valence-electron chi connectivity index (χ4n) is 1.12. The maximum atomic E-state index is 8.06. The second-order valence-corrected chi connectivity index (χ2v) is 3.00. The molecule has 0 aliphatic carbocycles. The summed E-state index contributed by atoms with van der Waals surface area (Å²) in [5.74, 6) is 0. The van der Waals surface area contributed by atoms with Crippen LogP contribution in [0.4, 0.5) is 0 Å². The highest BCUT2D eigenvalue weighted by atomic mass is 14.0. The van der Waals surface area contributed by atoms with Crippen molar-refractivity contribution in [3.63, 3.8) is 0 Å². The van der Waals surface area contributed by atoms with E-state index >= 15 is 0 Å². The van der Waals surface area contributed by atoms with Crippen LogP contribution < -0.4 is 0 Å². The molecule has 0 aliphatic heterocycles. The molecular formula is C14H14. The third-order valence-corrected chi connectivity index (χ3v) is 1.88. The summed E-state index contributed by atoms with van der Waals surface area (Å²) in [5, 5.41) is 0. The molecule has 2 aromatic rings. The molecule has 0 N–H and O–H groups in total. The molecule has 0 aliphatic rings. The molecule has 0 amide bonds. The van der Waals surface area contributed by atoms with Gasteiger partial charge in [-0.1, -0.05) is 53.9 Å². The average Bonchev–Trinajstić information content (AvgIpc) is 2.50. The summed E-state index contributed by atoms with van der Waals surface area (Å²) in [7, 11) is 0. The highest BCUT2D eigenvalue weighted by Crippen LogP contribution is 2.22. The lowest BCUT2D eigenvalue weighted by molar-refractivity contribution is 1.43. The van der Waals surface area contributed by atoms with Crippen molar-refractivity contribution in [2.45, 2.75) is 13.8 Å². The predicted octanol–water partition coefficient (Wildman–Crippen LogP) is 3.97. The average molecular weight is 190 g/mol. The molecular weight excluding hydrogens is 168 g/mol. The van der Waals surface area contributed by atoms with Gasteiger partial charge in [-0.2, -0.15) is 0 Å². The summed E-state index contributed by atoms with van der Waals surface area (Å²) in [5.41, 5.74) is 0.334. The maximum Gasteiger partial charge on any atom is 0.0629 e. The Morgan fingerprint density at radius 3 is 2.21 bits per heavy atom. The van der Waals surface area contributed by atoms with Crippen molar-refractivity contribution in [3.8, 4) is 11.1 Å². The Bertz CT molecular complexity index is 669. The fraction of sp³-hybridized carbons (Fsp3) is 0.143. The third kappa shape index (κ3) is 1.69. The van der Waals surface area contributed by atoms with Crippen LogP contribution in [0.1, 0.15) is 22.1 Å². The van der Waals surface area contributed by atoms with E-state index in [0.717, 1.165) is 0 Å². The first kappa shape index (κ1) is 3.54. The number of benzene rings is 2. The summed E-state index contributed by atoms with van der Waals surface area (Å²) in [4.78, 5) is 0. The van der Waals surface area contributed by atoms with Crippen LogP contribution in [0.2, 0.25) is 0 Å². The minimum atomic E-state index is -0.456. The van der Waals surface area contributed by atoms with Gasteiger partial charge in [0.15, 0.2) is 0 Å². The Hall–Kier alpha value is -1.56. The van der Waals surface area contributed by atoms with Crippen LogP contribution in [0.3, 0.4) is 0 Å². The fourth-order valence-corrected chi connectivity index (χ4v) is 1.12. The largest absolute Gasteiger partial charge is 0.0629 e. The van der Waals surface area contributed by atoms with Crippen LogP contribution in [-0.2, 0) is 0 Å². The molecule has 0 bridgehead atoms. The van der Waals surface area contributed by atoms with Gasteiger partial charge in [0, 0.05) is 0 Å². The van der Waals surface area contributed by atoms with Crippen molar-refractivity contribution in [2.75, 3.05) is 0 Å². The van der Waals surface area contributed by atoms with E-state index in [9.17, 15) is 0 Å². The lowest BCUT2D eigenvalue weighted by Crippen LogP contribution is -1.82. The first-order chi connectivity index (χ1) is 10.1. The quantitative estimate of drug-likeness (QED) is 0.638. The first-order valence-corrected chi connectivity index (χ1v) is 4.25. The summed E-state index contributed by atoms with van der Waals surface area (Å²) in [6.45, 7) is 2.97. The minimum absolute atomic E-state index is 0.0167. The van der Waals surface area contributed by atoms with Crippen molar-refractivity contribution in [1.82, 2.24) is 0 Å². The Balaban J connectivity index is 3.03. The number of hydrogen-bond acceptors (Lipinski definition) is 0. The van der Waals surface area contributed by atoms with Gasteiger partial charge in [0.25, 0.3) is 0 Å². The highest BCUT2D eigenvalue weighted by molar-refractivity contribution is 5.67. The SMILES string of the molecule is [2H]c1c([2H])c([2H])c(-c2c([2H])c([2H])c(C)c([2H])c2[2H])c(C)c1[2H]. The van der Waals surface area contributed by atoms with E-state index in [1.165, 1.54) is 13.8 Å². The minimum Gasteiger partial charge on any atom is -0.0620 e. The lowest BCUT2D eigenvalue weighted by Gasteiger charge is -2.05. The molecule has 0 aromatic heterocycles. The zero-order valence-corrected chi connectivity index (χ0v) is 8.00. The van der Waals surface area contributed by atoms with Gasteiger partial charge >= 0.3 is 0 Å². The van der Waals surface area contributed by atoms with E-state index < -0.39 is 6.04 Å². The van der Waals surface area contributed by atoms with E-state index in [2.05, 4.69) is 0 Å². The van der Waals surface area contributed by atoms with Crippen molar-refractivity contribution < 1.29 is 11.0 Å². The van der Waals surface area contributed by atoms with Crippen molar-refractivity contribution in [2.24, 2.45) is 0 Å². The topological polar surface area (TPSA) is 0 Å². The molecule has 0 saturated carbocycles. The van der Waals surface area contributed by atoms with Gasteiger partial charge in [0.1, 0.15) is 0 Å². The summed E-state index contributed by atoms with van der Waals surface area (Å²) in [6, 6.07) is -2.45. The van der Waals surface area contributed by atoms with Gasteiger partial charge in [-0.15, -0.1) is 0 Å². The summed E-state index contributed by atoms with van der Waals surface area (Å²) >= 11 is 0. The molecule has 70 valence electrons. The smallest absolute Gasteiger partial charge is 0.0620 e. The van der Waals surface area contributed by atoms with E-state index in [-0.39, 0.29) is 64.6 Å². The molecule has 0 nitrogen and oxygen atoms in total. The van der Waals surface area contributed by atoms with Crippen LogP contribution in [0.25, 0.3) is 11.1 Å². The Labute approximate surface area is 96.5 Å². The molecule has 0 spiro atoms. The molecule has 0 atom stereocenters. The van der Waals surface area contributed by atoms with Crippen molar-refractivity contribution >= 4 is 0 Å². The molecule has 0 saturated heterocycles. The highest BCUT2D eigenvalue weighted by Gasteiger charge is 1.98. The second kappa shape index (κ2) is 3.67. The summed E-state index contributed by atoms with van der Waals surface area (Å²) in [6.07, 6.45) is 0. The lowest BCUT2D eigenvalue weighted by atomic mass is 10.00. The molecule has 2 aromatic carbocycles.